The van der Waals surface area contributed by atoms with E-state index in [9.17, 15) is 8.42 Å². The van der Waals surface area contributed by atoms with Crippen molar-refractivity contribution < 1.29 is 8.42 Å². The molecule has 0 aliphatic heterocycles. The van der Waals surface area contributed by atoms with E-state index in [2.05, 4.69) is 20.8 Å². The quantitative estimate of drug-likeness (QED) is 0.118. The molecule has 0 unspecified atom stereocenters. The number of hydrazone groups is 1. The van der Waals surface area contributed by atoms with E-state index in [4.69, 9.17) is 34.8 Å². The van der Waals surface area contributed by atoms with Gasteiger partial charge in [-0.3, -0.25) is 5.43 Å². The molecule has 172 valence electrons. The van der Waals surface area contributed by atoms with Crippen molar-refractivity contribution in [1.29, 1.82) is 0 Å². The molecule has 1 N–H and O–H groups in total. The van der Waals surface area contributed by atoms with Crippen molar-refractivity contribution in [2.75, 3.05) is 5.43 Å². The zero-order valence-electron chi connectivity index (χ0n) is 17.9. The number of nitrogens with zero attached hydrogens (tertiary/aromatic N) is 3. The molecule has 0 aromatic heterocycles. The lowest BCUT2D eigenvalue weighted by atomic mass is 10.2. The summed E-state index contributed by atoms with van der Waals surface area (Å²) in [5.41, 5.74) is 6.04. The highest BCUT2D eigenvalue weighted by molar-refractivity contribution is 8.06. The van der Waals surface area contributed by atoms with Crippen molar-refractivity contribution in [1.82, 2.24) is 0 Å². The zero-order chi connectivity index (χ0) is 24.0. The zero-order valence-corrected chi connectivity index (χ0v) is 21.0. The summed E-state index contributed by atoms with van der Waals surface area (Å²) >= 11 is 18.1. The lowest BCUT2D eigenvalue weighted by molar-refractivity contribution is 0.606. The van der Waals surface area contributed by atoms with Crippen molar-refractivity contribution in [2.24, 2.45) is 15.3 Å². The number of benzene rings is 3. The minimum absolute atomic E-state index is 0.0363. The van der Waals surface area contributed by atoms with Crippen LogP contribution in [0.4, 0.5) is 11.4 Å². The summed E-state index contributed by atoms with van der Waals surface area (Å²) < 4.78 is 26.7. The monoisotopic (exact) mass is 522 g/mol. The number of nitrogens with one attached hydrogen (secondary N) is 1. The normalized spacial score (nSPS) is 12.3. The number of azo groups is 1. The molecule has 0 spiro atoms. The first-order valence-corrected chi connectivity index (χ1v) is 12.7. The molecule has 6 nitrogen and oxygen atoms in total. The first-order chi connectivity index (χ1) is 15.7. The van der Waals surface area contributed by atoms with E-state index in [1.165, 1.54) is 12.1 Å². The van der Waals surface area contributed by atoms with Gasteiger partial charge in [0.25, 0.3) is 5.17 Å². The summed E-state index contributed by atoms with van der Waals surface area (Å²) in [7, 11) is -4.28. The highest BCUT2D eigenvalue weighted by atomic mass is 35.5. The summed E-state index contributed by atoms with van der Waals surface area (Å²) in [6.45, 7) is 4.08. The molecule has 3 aromatic rings. The number of amidine groups is 1. The van der Waals surface area contributed by atoms with Gasteiger partial charge in [0.05, 0.1) is 31.3 Å². The van der Waals surface area contributed by atoms with Gasteiger partial charge in [-0.05, 0) is 60.4 Å². The van der Waals surface area contributed by atoms with E-state index < -0.39 is 15.0 Å². The molecule has 3 aromatic carbocycles. The second-order valence-electron chi connectivity index (χ2n) is 6.98. The van der Waals surface area contributed by atoms with Gasteiger partial charge in [0.2, 0.25) is 9.84 Å². The van der Waals surface area contributed by atoms with Crippen LogP contribution in [-0.4, -0.2) is 13.6 Å². The summed E-state index contributed by atoms with van der Waals surface area (Å²) in [5.74, 6) is 0. The van der Waals surface area contributed by atoms with E-state index in [1.807, 2.05) is 38.1 Å². The molecule has 0 aliphatic carbocycles. The topological polar surface area (TPSA) is 83.2 Å². The lowest BCUT2D eigenvalue weighted by Crippen LogP contribution is -2.15. The fourth-order valence-corrected chi connectivity index (χ4v) is 4.79. The van der Waals surface area contributed by atoms with Crippen LogP contribution in [0.1, 0.15) is 25.0 Å². The van der Waals surface area contributed by atoms with E-state index >= 15 is 0 Å². The average molecular weight is 524 g/mol. The third kappa shape index (κ3) is 6.32. The van der Waals surface area contributed by atoms with Gasteiger partial charge in [-0.15, -0.1) is 15.3 Å². The first-order valence-electron chi connectivity index (χ1n) is 10.1. The number of hydrogen-bond donors (Lipinski definition) is 1. The molecule has 0 amide bonds. The second-order valence-corrected chi connectivity index (χ2v) is 10.0. The summed E-state index contributed by atoms with van der Waals surface area (Å²) in [4.78, 5) is -0.277. The van der Waals surface area contributed by atoms with Gasteiger partial charge in [0.15, 0.2) is 0 Å². The van der Waals surface area contributed by atoms with Gasteiger partial charge in [-0.1, -0.05) is 72.9 Å². The van der Waals surface area contributed by atoms with E-state index in [-0.39, 0.29) is 20.0 Å². The van der Waals surface area contributed by atoms with Crippen LogP contribution in [-0.2, 0) is 22.7 Å². The Kier molecular flexibility index (Phi) is 8.48. The first kappa shape index (κ1) is 25.2. The predicted molar refractivity (Wildman–Crippen MR) is 136 cm³/mol. The van der Waals surface area contributed by atoms with Gasteiger partial charge in [0, 0.05) is 0 Å². The van der Waals surface area contributed by atoms with Crippen molar-refractivity contribution >= 4 is 61.2 Å². The molecular weight excluding hydrogens is 503 g/mol. The Morgan fingerprint density at radius 2 is 1.36 bits per heavy atom. The van der Waals surface area contributed by atoms with Crippen LogP contribution in [0.3, 0.4) is 0 Å². The van der Waals surface area contributed by atoms with Crippen LogP contribution in [0.5, 0.6) is 0 Å². The number of aryl methyl sites for hydroxylation is 2. The predicted octanol–water partition coefficient (Wildman–Crippen LogP) is 7.71. The Bertz CT molecular complexity index is 1290. The van der Waals surface area contributed by atoms with Crippen LogP contribution in [0.15, 0.2) is 80.9 Å². The Labute approximate surface area is 208 Å². The van der Waals surface area contributed by atoms with Crippen LogP contribution >= 0.6 is 34.8 Å². The van der Waals surface area contributed by atoms with Crippen LogP contribution in [0, 0.1) is 0 Å². The number of rotatable bonds is 6. The standard InChI is InChI=1S/C23H21Cl3N4O2S/c1-3-15-5-9-17(10-6-15)27-29-23(30-28-18-11-7-16(4-2)8-12-18)33(31,32)22-14-20(25)19(24)13-21(22)26/h5-14,27H,3-4H2,1-2H3/b29-23-,30-28?. The molecule has 0 saturated carbocycles. The Balaban J connectivity index is 2.02. The van der Waals surface area contributed by atoms with Gasteiger partial charge < -0.3 is 0 Å². The highest BCUT2D eigenvalue weighted by Crippen LogP contribution is 2.33. The number of sulfone groups is 1. The molecule has 0 fully saturated rings. The Morgan fingerprint density at radius 1 is 0.818 bits per heavy atom. The fraction of sp³-hybridized carbons (Fsp3) is 0.174. The highest BCUT2D eigenvalue weighted by Gasteiger charge is 2.27. The van der Waals surface area contributed by atoms with E-state index in [0.717, 1.165) is 24.0 Å². The average Bonchev–Trinajstić information content (AvgIpc) is 2.81. The minimum Gasteiger partial charge on any atom is -0.276 e. The minimum atomic E-state index is -4.28. The van der Waals surface area contributed by atoms with Crippen LogP contribution in [0.2, 0.25) is 15.1 Å². The maximum Gasteiger partial charge on any atom is 0.289 e. The third-order valence-corrected chi connectivity index (χ3v) is 7.46. The van der Waals surface area contributed by atoms with Gasteiger partial charge in [-0.2, -0.15) is 0 Å². The van der Waals surface area contributed by atoms with E-state index in [0.29, 0.717) is 11.4 Å². The molecule has 0 heterocycles. The van der Waals surface area contributed by atoms with Crippen LogP contribution < -0.4 is 5.43 Å². The smallest absolute Gasteiger partial charge is 0.276 e. The van der Waals surface area contributed by atoms with Gasteiger partial charge >= 0.3 is 0 Å². The van der Waals surface area contributed by atoms with E-state index in [1.54, 1.807) is 24.3 Å². The van der Waals surface area contributed by atoms with Crippen LogP contribution in [0.25, 0.3) is 0 Å². The lowest BCUT2D eigenvalue weighted by Gasteiger charge is -2.08. The summed E-state index contributed by atoms with van der Waals surface area (Å²) in [5, 5.41) is 11.5. The Morgan fingerprint density at radius 3 is 1.94 bits per heavy atom. The summed E-state index contributed by atoms with van der Waals surface area (Å²) in [6.07, 6.45) is 1.75. The maximum absolute atomic E-state index is 13.3. The molecule has 0 radical (unpaired) electrons. The molecule has 3 rings (SSSR count). The van der Waals surface area contributed by atoms with Crippen molar-refractivity contribution in [2.45, 2.75) is 31.6 Å². The number of halogens is 3. The number of hydrogen-bond acceptors (Lipinski definition) is 5. The molecule has 10 heteroatoms. The molecular formula is C23H21Cl3N4O2S. The Hall–Kier alpha value is -2.45. The maximum atomic E-state index is 13.3. The van der Waals surface area contributed by atoms with Gasteiger partial charge in [0.1, 0.15) is 0 Å². The summed E-state index contributed by atoms with van der Waals surface area (Å²) in [6, 6.07) is 17.1. The van der Waals surface area contributed by atoms with Gasteiger partial charge in [-0.25, -0.2) is 8.42 Å². The molecule has 0 bridgehead atoms. The third-order valence-electron chi connectivity index (χ3n) is 4.74. The molecule has 0 aliphatic rings. The second kappa shape index (κ2) is 11.1. The number of anilines is 1. The SMILES string of the molecule is CCc1ccc(N=N/C(=N/Nc2ccc(CC)cc2)S(=O)(=O)c2cc(Cl)c(Cl)cc2Cl)cc1. The van der Waals surface area contributed by atoms with Crippen molar-refractivity contribution in [3.05, 3.63) is 86.9 Å². The molecule has 0 atom stereocenters. The molecule has 33 heavy (non-hydrogen) atoms. The van der Waals surface area contributed by atoms with Crippen molar-refractivity contribution in [3.8, 4) is 0 Å². The van der Waals surface area contributed by atoms with Crippen molar-refractivity contribution in [3.63, 3.8) is 0 Å². The largest absolute Gasteiger partial charge is 0.289 e. The molecule has 0 saturated heterocycles. The fourth-order valence-electron chi connectivity index (χ4n) is 2.77.